The summed E-state index contributed by atoms with van der Waals surface area (Å²) in [7, 11) is 3.42. The van der Waals surface area contributed by atoms with Crippen molar-refractivity contribution >= 4 is 17.7 Å². The van der Waals surface area contributed by atoms with Crippen LogP contribution < -0.4 is 14.4 Å². The summed E-state index contributed by atoms with van der Waals surface area (Å²) in [6.07, 6.45) is 3.44. The van der Waals surface area contributed by atoms with Gasteiger partial charge >= 0.3 is 0 Å². The molecule has 6 heteroatoms. The van der Waals surface area contributed by atoms with Gasteiger partial charge in [-0.2, -0.15) is 0 Å². The number of ether oxygens (including phenoxy) is 3. The Labute approximate surface area is 185 Å². The Morgan fingerprint density at radius 3 is 2.48 bits per heavy atom. The normalized spacial score (nSPS) is 14.2. The molecule has 166 valence electrons. The Bertz CT molecular complexity index is 887. The van der Waals surface area contributed by atoms with Crippen molar-refractivity contribution in [2.24, 2.45) is 0 Å². The maximum absolute atomic E-state index is 12.6. The molecule has 2 aromatic rings. The van der Waals surface area contributed by atoms with Crippen LogP contribution in [-0.2, 0) is 16.1 Å². The molecule has 0 unspecified atom stereocenters. The van der Waals surface area contributed by atoms with Crippen molar-refractivity contribution in [1.82, 2.24) is 4.90 Å². The molecule has 2 aromatic carbocycles. The minimum absolute atomic E-state index is 0.0567. The van der Waals surface area contributed by atoms with Crippen molar-refractivity contribution in [1.29, 1.82) is 0 Å². The van der Waals surface area contributed by atoms with E-state index in [1.54, 1.807) is 24.2 Å². The molecule has 0 N–H and O–H groups in total. The molecule has 1 fully saturated rings. The lowest BCUT2D eigenvalue weighted by atomic mass is 10.1. The zero-order valence-electron chi connectivity index (χ0n) is 18.8. The Morgan fingerprint density at radius 1 is 1.13 bits per heavy atom. The van der Waals surface area contributed by atoms with Crippen LogP contribution in [0, 0.1) is 0 Å². The van der Waals surface area contributed by atoms with Crippen molar-refractivity contribution in [3.8, 4) is 11.5 Å². The lowest BCUT2D eigenvalue weighted by Crippen LogP contribution is -2.36. The van der Waals surface area contributed by atoms with Gasteiger partial charge in [-0.05, 0) is 55.3 Å². The van der Waals surface area contributed by atoms with E-state index in [4.69, 9.17) is 14.2 Å². The monoisotopic (exact) mass is 424 g/mol. The summed E-state index contributed by atoms with van der Waals surface area (Å²) in [6, 6.07) is 14.0. The van der Waals surface area contributed by atoms with Crippen LogP contribution in [0.1, 0.15) is 25.0 Å². The fourth-order valence-corrected chi connectivity index (χ4v) is 3.42. The van der Waals surface area contributed by atoms with Crippen molar-refractivity contribution in [3.05, 3.63) is 59.7 Å². The molecule has 1 aliphatic rings. The van der Waals surface area contributed by atoms with E-state index in [2.05, 4.69) is 29.2 Å². The van der Waals surface area contributed by atoms with Crippen LogP contribution in [0.15, 0.2) is 48.5 Å². The smallest absolute Gasteiger partial charge is 0.246 e. The third-order valence-corrected chi connectivity index (χ3v) is 5.08. The average molecular weight is 425 g/mol. The van der Waals surface area contributed by atoms with Crippen LogP contribution in [0.5, 0.6) is 11.5 Å². The van der Waals surface area contributed by atoms with Crippen LogP contribution >= 0.6 is 0 Å². The number of likely N-dealkylation sites (N-methyl/N-ethyl adjacent to an activating group) is 1. The lowest BCUT2D eigenvalue weighted by Gasteiger charge is -2.29. The van der Waals surface area contributed by atoms with E-state index < -0.39 is 0 Å². The molecule has 0 aliphatic carbocycles. The van der Waals surface area contributed by atoms with Crippen molar-refractivity contribution in [3.63, 3.8) is 0 Å². The molecular formula is C25H32N2O4. The second-order valence-corrected chi connectivity index (χ2v) is 7.87. The molecular weight excluding hydrogens is 392 g/mol. The Hall–Kier alpha value is -2.99. The summed E-state index contributed by atoms with van der Waals surface area (Å²) in [5, 5.41) is 0. The molecule has 0 atom stereocenters. The average Bonchev–Trinajstić information content (AvgIpc) is 2.78. The van der Waals surface area contributed by atoms with Gasteiger partial charge in [-0.1, -0.05) is 18.2 Å². The summed E-state index contributed by atoms with van der Waals surface area (Å²) in [5.41, 5.74) is 3.17. The van der Waals surface area contributed by atoms with E-state index in [9.17, 15) is 4.79 Å². The second kappa shape index (κ2) is 10.9. The first-order valence-electron chi connectivity index (χ1n) is 10.7. The molecule has 0 radical (unpaired) electrons. The molecule has 6 nitrogen and oxygen atoms in total. The highest BCUT2D eigenvalue weighted by atomic mass is 16.5. The minimum Gasteiger partial charge on any atom is -0.493 e. The standard InChI is InChI=1S/C25H32N2O4/c1-19(2)31-23-11-7-20(17-24(23)29-4)8-12-25(28)26(3)18-21-5-9-22(10-6-21)27-13-15-30-16-14-27/h5-12,17,19H,13-16,18H2,1-4H3/b12-8+. The minimum atomic E-state index is -0.0567. The van der Waals surface area contributed by atoms with Gasteiger partial charge in [0.15, 0.2) is 11.5 Å². The van der Waals surface area contributed by atoms with Gasteiger partial charge in [-0.25, -0.2) is 0 Å². The largest absolute Gasteiger partial charge is 0.493 e. The maximum Gasteiger partial charge on any atom is 0.246 e. The van der Waals surface area contributed by atoms with Gasteiger partial charge in [0.1, 0.15) is 0 Å². The van der Waals surface area contributed by atoms with Gasteiger partial charge in [0, 0.05) is 38.4 Å². The quantitative estimate of drug-likeness (QED) is 0.600. The van der Waals surface area contributed by atoms with E-state index in [-0.39, 0.29) is 12.0 Å². The Balaban J connectivity index is 1.58. The number of hydrogen-bond donors (Lipinski definition) is 0. The van der Waals surface area contributed by atoms with Gasteiger partial charge in [0.2, 0.25) is 5.91 Å². The SMILES string of the molecule is COc1cc(/C=C/C(=O)N(C)Cc2ccc(N3CCOCC3)cc2)ccc1OC(C)C. The predicted molar refractivity (Wildman–Crippen MR) is 124 cm³/mol. The van der Waals surface area contributed by atoms with E-state index in [1.165, 1.54) is 5.69 Å². The van der Waals surface area contributed by atoms with E-state index in [1.807, 2.05) is 39.1 Å². The van der Waals surface area contributed by atoms with E-state index in [0.717, 1.165) is 37.4 Å². The molecule has 0 bridgehead atoms. The van der Waals surface area contributed by atoms with E-state index in [0.29, 0.717) is 18.0 Å². The van der Waals surface area contributed by atoms with Crippen molar-refractivity contribution < 1.29 is 19.0 Å². The molecule has 1 aliphatic heterocycles. The highest BCUT2D eigenvalue weighted by Crippen LogP contribution is 2.29. The molecule has 0 spiro atoms. The Kier molecular flexibility index (Phi) is 7.95. The first-order chi connectivity index (χ1) is 15.0. The number of nitrogens with zero attached hydrogens (tertiary/aromatic N) is 2. The zero-order chi connectivity index (χ0) is 22.2. The van der Waals surface area contributed by atoms with Gasteiger partial charge in [0.05, 0.1) is 26.4 Å². The molecule has 1 amide bonds. The number of carbonyl (C=O) groups is 1. The van der Waals surface area contributed by atoms with E-state index >= 15 is 0 Å². The van der Waals surface area contributed by atoms with Crippen LogP contribution in [0.25, 0.3) is 6.08 Å². The number of morpholine rings is 1. The maximum atomic E-state index is 12.6. The zero-order valence-corrected chi connectivity index (χ0v) is 18.8. The second-order valence-electron chi connectivity index (χ2n) is 7.87. The number of anilines is 1. The summed E-state index contributed by atoms with van der Waals surface area (Å²) in [6.45, 7) is 7.86. The van der Waals surface area contributed by atoms with Crippen molar-refractivity contribution in [2.45, 2.75) is 26.5 Å². The van der Waals surface area contributed by atoms with Crippen LogP contribution in [0.4, 0.5) is 5.69 Å². The Morgan fingerprint density at radius 2 is 1.84 bits per heavy atom. The highest BCUT2D eigenvalue weighted by Gasteiger charge is 2.12. The molecule has 0 saturated carbocycles. The van der Waals surface area contributed by atoms with Crippen LogP contribution in [-0.4, -0.2) is 57.4 Å². The third-order valence-electron chi connectivity index (χ3n) is 5.08. The summed E-state index contributed by atoms with van der Waals surface area (Å²) in [5.74, 6) is 1.29. The molecule has 3 rings (SSSR count). The van der Waals surface area contributed by atoms with Gasteiger partial charge in [-0.15, -0.1) is 0 Å². The fourth-order valence-electron chi connectivity index (χ4n) is 3.42. The van der Waals surface area contributed by atoms with Gasteiger partial charge in [0.25, 0.3) is 0 Å². The van der Waals surface area contributed by atoms with Crippen LogP contribution in [0.2, 0.25) is 0 Å². The lowest BCUT2D eigenvalue weighted by molar-refractivity contribution is -0.125. The first kappa shape index (κ1) is 22.7. The van der Waals surface area contributed by atoms with Gasteiger partial charge < -0.3 is 24.0 Å². The van der Waals surface area contributed by atoms with Crippen molar-refractivity contribution in [2.75, 3.05) is 45.4 Å². The predicted octanol–water partition coefficient (Wildman–Crippen LogP) is 3.99. The number of rotatable bonds is 8. The first-order valence-corrected chi connectivity index (χ1v) is 10.7. The third kappa shape index (κ3) is 6.49. The number of carbonyl (C=O) groups excluding carboxylic acids is 1. The number of benzene rings is 2. The van der Waals surface area contributed by atoms with Crippen LogP contribution in [0.3, 0.4) is 0 Å². The number of methoxy groups -OCH3 is 1. The fraction of sp³-hybridized carbons (Fsp3) is 0.400. The molecule has 31 heavy (non-hydrogen) atoms. The van der Waals surface area contributed by atoms with Gasteiger partial charge in [-0.3, -0.25) is 4.79 Å². The number of amides is 1. The molecule has 0 aromatic heterocycles. The highest BCUT2D eigenvalue weighted by molar-refractivity contribution is 5.91. The number of hydrogen-bond acceptors (Lipinski definition) is 5. The molecule has 1 saturated heterocycles. The summed E-state index contributed by atoms with van der Waals surface area (Å²) in [4.78, 5) is 16.6. The topological polar surface area (TPSA) is 51.2 Å². The summed E-state index contributed by atoms with van der Waals surface area (Å²) < 4.78 is 16.6. The molecule has 1 heterocycles. The summed E-state index contributed by atoms with van der Waals surface area (Å²) >= 11 is 0.